The highest BCUT2D eigenvalue weighted by atomic mass is 79.9. The Labute approximate surface area is 237 Å². The van der Waals surface area contributed by atoms with Gasteiger partial charge in [-0.1, -0.05) is 64.5 Å². The van der Waals surface area contributed by atoms with E-state index in [1.807, 2.05) is 109 Å². The number of rotatable bonds is 5. The van der Waals surface area contributed by atoms with E-state index in [2.05, 4.69) is 33.0 Å². The first-order valence-corrected chi connectivity index (χ1v) is 14.1. The summed E-state index contributed by atoms with van der Waals surface area (Å²) in [5.74, 6) is 0. The molecule has 1 N–H and O–H groups in total. The van der Waals surface area contributed by atoms with Crippen LogP contribution in [0.25, 0.3) is 27.8 Å². The second-order valence-corrected chi connectivity index (χ2v) is 11.0. The summed E-state index contributed by atoms with van der Waals surface area (Å²) >= 11 is 5.03. The first-order valence-electron chi connectivity index (χ1n) is 12.4. The number of aryl methyl sites for hydroxylation is 1. The molecule has 0 radical (unpaired) electrons. The summed E-state index contributed by atoms with van der Waals surface area (Å²) in [5, 5.41) is 8.05. The van der Waals surface area contributed by atoms with Crippen molar-refractivity contribution in [2.75, 3.05) is 0 Å². The van der Waals surface area contributed by atoms with E-state index in [0.29, 0.717) is 10.5 Å². The highest BCUT2D eigenvalue weighted by Gasteiger charge is 2.17. The molecule has 9 heteroatoms. The van der Waals surface area contributed by atoms with Gasteiger partial charge in [0.05, 0.1) is 23.3 Å². The smallest absolute Gasteiger partial charge is 0.297 e. The van der Waals surface area contributed by atoms with Crippen molar-refractivity contribution in [1.82, 2.24) is 19.0 Å². The van der Waals surface area contributed by atoms with E-state index in [1.165, 1.54) is 11.3 Å². The molecule has 0 spiro atoms. The van der Waals surface area contributed by atoms with Gasteiger partial charge < -0.3 is 4.98 Å². The fourth-order valence-electron chi connectivity index (χ4n) is 4.69. The fourth-order valence-corrected chi connectivity index (χ4v) is 5.94. The normalized spacial score (nSPS) is 12.3. The average molecular weight is 598 g/mol. The van der Waals surface area contributed by atoms with Gasteiger partial charge in [0.25, 0.3) is 5.56 Å². The molecule has 3 heterocycles. The van der Waals surface area contributed by atoms with Gasteiger partial charge in [-0.2, -0.15) is 5.10 Å². The highest BCUT2D eigenvalue weighted by Crippen LogP contribution is 2.25. The predicted molar refractivity (Wildman–Crippen MR) is 162 cm³/mol. The number of hydrogen-bond acceptors (Lipinski definition) is 4. The molecule has 6 rings (SSSR count). The molecule has 0 atom stereocenters. The van der Waals surface area contributed by atoms with Gasteiger partial charge in [-0.25, -0.2) is 14.4 Å². The molecule has 7 nitrogen and oxygen atoms in total. The van der Waals surface area contributed by atoms with Gasteiger partial charge in [-0.05, 0) is 44.2 Å². The first kappa shape index (κ1) is 25.1. The molecule has 0 saturated heterocycles. The molecule has 0 aliphatic heterocycles. The Balaban J connectivity index is 1.56. The molecule has 39 heavy (non-hydrogen) atoms. The van der Waals surface area contributed by atoms with Gasteiger partial charge in [0.15, 0.2) is 5.69 Å². The Hall–Kier alpha value is -4.21. The summed E-state index contributed by atoms with van der Waals surface area (Å²) in [6.45, 7) is 3.95. The number of hydrogen-bond donors (Lipinski definition) is 1. The maximum atomic E-state index is 13.6. The Morgan fingerprint density at radius 3 is 2.54 bits per heavy atom. The Morgan fingerprint density at radius 2 is 1.74 bits per heavy atom. The Morgan fingerprint density at radius 1 is 0.974 bits per heavy atom. The number of aromatic amines is 1. The van der Waals surface area contributed by atoms with Crippen LogP contribution in [0.5, 0.6) is 0 Å². The molecule has 0 amide bonds. The van der Waals surface area contributed by atoms with Crippen LogP contribution in [0, 0.1) is 13.8 Å². The zero-order valence-corrected chi connectivity index (χ0v) is 24.0. The number of nitrogens with one attached hydrogen (secondary N) is 1. The van der Waals surface area contributed by atoms with E-state index >= 15 is 0 Å². The fraction of sp³-hybridized carbons (Fsp3) is 0.100. The minimum Gasteiger partial charge on any atom is -0.358 e. The second-order valence-electron chi connectivity index (χ2n) is 9.20. The summed E-state index contributed by atoms with van der Waals surface area (Å²) < 4.78 is 6.26. The predicted octanol–water partition coefficient (Wildman–Crippen LogP) is 6.68. The summed E-state index contributed by atoms with van der Waals surface area (Å²) in [5.41, 5.74) is 6.73. The maximum Gasteiger partial charge on any atom is 0.297 e. The van der Waals surface area contributed by atoms with Gasteiger partial charge in [0, 0.05) is 44.6 Å². The molecule has 3 aromatic carbocycles. The molecule has 194 valence electrons. The average Bonchev–Trinajstić information content (AvgIpc) is 3.55. The number of halogens is 1. The van der Waals surface area contributed by atoms with Crippen molar-refractivity contribution < 1.29 is 0 Å². The van der Waals surface area contributed by atoms with Crippen LogP contribution in [0.1, 0.15) is 17.0 Å². The summed E-state index contributed by atoms with van der Waals surface area (Å²) in [4.78, 5) is 22.5. The molecule has 0 bridgehead atoms. The van der Waals surface area contributed by atoms with Crippen molar-refractivity contribution in [2.24, 2.45) is 17.1 Å². The van der Waals surface area contributed by atoms with Crippen molar-refractivity contribution in [3.05, 3.63) is 121 Å². The summed E-state index contributed by atoms with van der Waals surface area (Å²) in [6.07, 6.45) is 1.86. The van der Waals surface area contributed by atoms with E-state index in [1.54, 1.807) is 4.68 Å². The van der Waals surface area contributed by atoms with Crippen LogP contribution in [0.4, 0.5) is 5.69 Å². The van der Waals surface area contributed by atoms with Crippen molar-refractivity contribution in [3.8, 4) is 16.9 Å². The standard InChI is InChI=1S/C30H25BrN6OS/c1-19-25(24-14-7-8-15-26(24)33-19)17-32-36-27(21-10-9-11-22(31)16-21)18-39-30(36)34-28-20(2)35(3)37(29(28)38)23-12-5-4-6-13-23/h4-18,33H,1-3H3. The molecule has 0 saturated carbocycles. The highest BCUT2D eigenvalue weighted by molar-refractivity contribution is 9.10. The lowest BCUT2D eigenvalue weighted by atomic mass is 10.1. The largest absolute Gasteiger partial charge is 0.358 e. The van der Waals surface area contributed by atoms with E-state index < -0.39 is 0 Å². The topological polar surface area (TPSA) is 72.4 Å². The molecule has 6 aromatic rings. The van der Waals surface area contributed by atoms with Gasteiger partial charge in [0.1, 0.15) is 0 Å². The second kappa shape index (κ2) is 10.2. The van der Waals surface area contributed by atoms with Crippen molar-refractivity contribution in [1.29, 1.82) is 0 Å². The Kier molecular flexibility index (Phi) is 6.54. The third-order valence-corrected chi connectivity index (χ3v) is 8.09. The monoisotopic (exact) mass is 596 g/mol. The molecule has 0 aliphatic rings. The van der Waals surface area contributed by atoms with Gasteiger partial charge in [0.2, 0.25) is 4.80 Å². The van der Waals surface area contributed by atoms with E-state index in [-0.39, 0.29) is 5.56 Å². The SMILES string of the molecule is Cc1[nH]c2ccccc2c1C=Nn1c(-c2cccc(Br)c2)csc1=Nc1c(C)n(C)n(-c2ccccc2)c1=O. The lowest BCUT2D eigenvalue weighted by molar-refractivity contribution is 0.630. The number of nitrogens with zero attached hydrogens (tertiary/aromatic N) is 5. The molecular formula is C30H25BrN6OS. The number of fused-ring (bicyclic) bond motifs is 1. The maximum absolute atomic E-state index is 13.6. The molecule has 0 aliphatic carbocycles. The lowest BCUT2D eigenvalue weighted by Crippen LogP contribution is -2.19. The van der Waals surface area contributed by atoms with Crippen LogP contribution in [0.15, 0.2) is 104 Å². The van der Waals surface area contributed by atoms with Crippen LogP contribution < -0.4 is 10.4 Å². The first-order chi connectivity index (χ1) is 18.9. The summed E-state index contributed by atoms with van der Waals surface area (Å²) in [6, 6.07) is 25.8. The number of thiazole rings is 1. The van der Waals surface area contributed by atoms with Crippen LogP contribution in [-0.2, 0) is 7.05 Å². The zero-order valence-electron chi connectivity index (χ0n) is 21.6. The third kappa shape index (κ3) is 4.53. The zero-order chi connectivity index (χ0) is 27.1. The lowest BCUT2D eigenvalue weighted by Gasteiger charge is -2.07. The number of aromatic nitrogens is 4. The number of para-hydroxylation sites is 2. The minimum absolute atomic E-state index is 0.179. The van der Waals surface area contributed by atoms with E-state index in [0.717, 1.165) is 49.3 Å². The van der Waals surface area contributed by atoms with Crippen molar-refractivity contribution in [3.63, 3.8) is 0 Å². The van der Waals surface area contributed by atoms with Gasteiger partial charge in [-0.3, -0.25) is 9.48 Å². The van der Waals surface area contributed by atoms with E-state index in [4.69, 9.17) is 10.1 Å². The van der Waals surface area contributed by atoms with Crippen LogP contribution >= 0.6 is 27.3 Å². The van der Waals surface area contributed by atoms with Crippen LogP contribution in [0.2, 0.25) is 0 Å². The van der Waals surface area contributed by atoms with Gasteiger partial charge >= 0.3 is 0 Å². The molecular weight excluding hydrogens is 572 g/mol. The van der Waals surface area contributed by atoms with Crippen LogP contribution in [0.3, 0.4) is 0 Å². The third-order valence-electron chi connectivity index (χ3n) is 6.78. The molecule has 0 fully saturated rings. The molecule has 3 aromatic heterocycles. The van der Waals surface area contributed by atoms with Crippen LogP contribution in [-0.4, -0.2) is 25.2 Å². The summed E-state index contributed by atoms with van der Waals surface area (Å²) in [7, 11) is 1.87. The number of benzene rings is 3. The number of H-pyrrole nitrogens is 1. The quantitative estimate of drug-likeness (QED) is 0.221. The van der Waals surface area contributed by atoms with Crippen molar-refractivity contribution >= 4 is 50.1 Å². The van der Waals surface area contributed by atoms with Crippen molar-refractivity contribution in [2.45, 2.75) is 13.8 Å². The molecule has 0 unspecified atom stereocenters. The van der Waals surface area contributed by atoms with Gasteiger partial charge in [-0.15, -0.1) is 11.3 Å². The Bertz CT molecular complexity index is 1990. The van der Waals surface area contributed by atoms with E-state index in [9.17, 15) is 4.79 Å². The minimum atomic E-state index is -0.179.